The van der Waals surface area contributed by atoms with Crippen LogP contribution in [0.4, 0.5) is 11.4 Å². The number of nitrogens with zero attached hydrogens (tertiary/aromatic N) is 3. The fourth-order valence-corrected chi connectivity index (χ4v) is 4.13. The number of amides is 1. The maximum Gasteiger partial charge on any atom is 0.241 e. The van der Waals surface area contributed by atoms with Crippen LogP contribution in [-0.4, -0.2) is 55.0 Å². The SMILES string of the molecule is Nc1cccc2c1CCCN2C(=O)CN1CCN(Cc2ccccc2)CC1. The Morgan fingerprint density at radius 1 is 0.889 bits per heavy atom. The Bertz CT molecular complexity index is 784. The van der Waals surface area contributed by atoms with Gasteiger partial charge in [-0.05, 0) is 36.1 Å². The zero-order valence-electron chi connectivity index (χ0n) is 15.8. The lowest BCUT2D eigenvalue weighted by Gasteiger charge is -2.36. The topological polar surface area (TPSA) is 52.8 Å². The van der Waals surface area contributed by atoms with Crippen LogP contribution < -0.4 is 10.6 Å². The molecule has 142 valence electrons. The van der Waals surface area contributed by atoms with Crippen molar-refractivity contribution in [2.45, 2.75) is 19.4 Å². The molecule has 2 aliphatic rings. The van der Waals surface area contributed by atoms with Crippen molar-refractivity contribution in [1.29, 1.82) is 0 Å². The lowest BCUT2D eigenvalue weighted by atomic mass is 10.00. The molecular formula is C22H28N4O. The highest BCUT2D eigenvalue weighted by Gasteiger charge is 2.26. The molecule has 1 fully saturated rings. The summed E-state index contributed by atoms with van der Waals surface area (Å²) in [5, 5.41) is 0. The third kappa shape index (κ3) is 4.15. The summed E-state index contributed by atoms with van der Waals surface area (Å²) in [6.07, 6.45) is 1.95. The smallest absolute Gasteiger partial charge is 0.241 e. The molecular weight excluding hydrogens is 336 g/mol. The van der Waals surface area contributed by atoms with Gasteiger partial charge in [-0.2, -0.15) is 0 Å². The van der Waals surface area contributed by atoms with E-state index in [0.29, 0.717) is 6.54 Å². The van der Waals surface area contributed by atoms with Crippen LogP contribution in [0.2, 0.25) is 0 Å². The third-order valence-electron chi connectivity index (χ3n) is 5.66. The van der Waals surface area contributed by atoms with E-state index < -0.39 is 0 Å². The van der Waals surface area contributed by atoms with Crippen LogP contribution in [0.5, 0.6) is 0 Å². The molecule has 0 aromatic heterocycles. The van der Waals surface area contributed by atoms with Crippen molar-refractivity contribution in [2.24, 2.45) is 0 Å². The zero-order valence-corrected chi connectivity index (χ0v) is 15.8. The zero-order chi connectivity index (χ0) is 18.6. The lowest BCUT2D eigenvalue weighted by molar-refractivity contribution is -0.120. The highest BCUT2D eigenvalue weighted by molar-refractivity contribution is 5.96. The van der Waals surface area contributed by atoms with Gasteiger partial charge in [0.05, 0.1) is 6.54 Å². The van der Waals surface area contributed by atoms with E-state index in [4.69, 9.17) is 5.73 Å². The summed E-state index contributed by atoms with van der Waals surface area (Å²) in [7, 11) is 0. The largest absolute Gasteiger partial charge is 0.398 e. The second-order valence-corrected chi connectivity index (χ2v) is 7.53. The molecule has 0 unspecified atom stereocenters. The van der Waals surface area contributed by atoms with Crippen LogP contribution in [0.1, 0.15) is 17.5 Å². The average Bonchev–Trinajstić information content (AvgIpc) is 2.70. The van der Waals surface area contributed by atoms with E-state index in [1.54, 1.807) is 0 Å². The predicted molar refractivity (Wildman–Crippen MR) is 110 cm³/mol. The summed E-state index contributed by atoms with van der Waals surface area (Å²) >= 11 is 0. The Kier molecular flexibility index (Phi) is 5.41. The number of carbonyl (C=O) groups excluding carboxylic acids is 1. The van der Waals surface area contributed by atoms with E-state index in [1.807, 2.05) is 23.1 Å². The number of hydrogen-bond acceptors (Lipinski definition) is 4. The van der Waals surface area contributed by atoms with Crippen LogP contribution in [0, 0.1) is 0 Å². The molecule has 27 heavy (non-hydrogen) atoms. The van der Waals surface area contributed by atoms with Gasteiger partial charge in [0.1, 0.15) is 0 Å². The Morgan fingerprint density at radius 2 is 1.63 bits per heavy atom. The Hall–Kier alpha value is -2.37. The highest BCUT2D eigenvalue weighted by Crippen LogP contribution is 2.31. The van der Waals surface area contributed by atoms with Crippen LogP contribution in [-0.2, 0) is 17.8 Å². The fraction of sp³-hybridized carbons (Fsp3) is 0.409. The number of nitrogens with two attached hydrogens (primary N) is 1. The number of anilines is 2. The first-order chi connectivity index (χ1) is 13.2. The highest BCUT2D eigenvalue weighted by atomic mass is 16.2. The molecule has 0 bridgehead atoms. The first kappa shape index (κ1) is 18.0. The summed E-state index contributed by atoms with van der Waals surface area (Å²) in [6, 6.07) is 16.5. The number of hydrogen-bond donors (Lipinski definition) is 1. The molecule has 2 heterocycles. The van der Waals surface area contributed by atoms with Gasteiger partial charge in [-0.1, -0.05) is 36.4 Å². The van der Waals surface area contributed by atoms with Crippen molar-refractivity contribution in [3.63, 3.8) is 0 Å². The molecule has 4 rings (SSSR count). The second kappa shape index (κ2) is 8.11. The van der Waals surface area contributed by atoms with Crippen molar-refractivity contribution in [3.05, 3.63) is 59.7 Å². The van der Waals surface area contributed by atoms with Crippen LogP contribution >= 0.6 is 0 Å². The molecule has 2 aromatic carbocycles. The van der Waals surface area contributed by atoms with E-state index in [0.717, 1.165) is 69.0 Å². The van der Waals surface area contributed by atoms with Gasteiger partial charge < -0.3 is 10.6 Å². The number of nitrogen functional groups attached to an aromatic ring is 1. The predicted octanol–water partition coefficient (Wildman–Crippen LogP) is 2.37. The van der Waals surface area contributed by atoms with Gasteiger partial charge in [0.2, 0.25) is 5.91 Å². The molecule has 0 radical (unpaired) electrons. The second-order valence-electron chi connectivity index (χ2n) is 7.53. The Labute approximate surface area is 161 Å². The molecule has 5 heteroatoms. The first-order valence-corrected chi connectivity index (χ1v) is 9.87. The summed E-state index contributed by atoms with van der Waals surface area (Å²) in [5.41, 5.74) is 10.4. The number of fused-ring (bicyclic) bond motifs is 1. The van der Waals surface area contributed by atoms with E-state index in [9.17, 15) is 4.79 Å². The number of benzene rings is 2. The van der Waals surface area contributed by atoms with Gasteiger partial charge in [-0.3, -0.25) is 14.6 Å². The lowest BCUT2D eigenvalue weighted by Crippen LogP contribution is -2.50. The van der Waals surface area contributed by atoms with Crippen molar-refractivity contribution in [3.8, 4) is 0 Å². The molecule has 0 aliphatic carbocycles. The minimum Gasteiger partial charge on any atom is -0.398 e. The van der Waals surface area contributed by atoms with Crippen molar-refractivity contribution < 1.29 is 4.79 Å². The first-order valence-electron chi connectivity index (χ1n) is 9.87. The molecule has 5 nitrogen and oxygen atoms in total. The summed E-state index contributed by atoms with van der Waals surface area (Å²) in [6.45, 7) is 6.17. The van der Waals surface area contributed by atoms with E-state index in [2.05, 4.69) is 40.1 Å². The standard InChI is InChI=1S/C22H28N4O/c23-20-9-4-10-21-19(20)8-5-11-26(21)22(27)17-25-14-12-24(13-15-25)16-18-6-2-1-3-7-18/h1-4,6-7,9-10H,5,8,11-17,23H2. The molecule has 0 atom stereocenters. The maximum atomic E-state index is 12.9. The third-order valence-corrected chi connectivity index (χ3v) is 5.66. The number of rotatable bonds is 4. The maximum absolute atomic E-state index is 12.9. The normalized spacial score (nSPS) is 18.3. The van der Waals surface area contributed by atoms with Crippen molar-refractivity contribution in [1.82, 2.24) is 9.80 Å². The van der Waals surface area contributed by atoms with Gasteiger partial charge >= 0.3 is 0 Å². The van der Waals surface area contributed by atoms with Crippen molar-refractivity contribution in [2.75, 3.05) is 49.9 Å². The summed E-state index contributed by atoms with van der Waals surface area (Å²) in [4.78, 5) is 19.6. The van der Waals surface area contributed by atoms with Gasteiger partial charge in [0.25, 0.3) is 0 Å². The average molecular weight is 364 g/mol. The van der Waals surface area contributed by atoms with Gasteiger partial charge in [0, 0.05) is 50.6 Å². The molecule has 1 amide bonds. The number of carbonyl (C=O) groups is 1. The molecule has 1 saturated heterocycles. The van der Waals surface area contributed by atoms with E-state index in [-0.39, 0.29) is 5.91 Å². The summed E-state index contributed by atoms with van der Waals surface area (Å²) < 4.78 is 0. The molecule has 2 aliphatic heterocycles. The fourth-order valence-electron chi connectivity index (χ4n) is 4.13. The Balaban J connectivity index is 1.32. The van der Waals surface area contributed by atoms with Gasteiger partial charge in [0.15, 0.2) is 0 Å². The summed E-state index contributed by atoms with van der Waals surface area (Å²) in [5.74, 6) is 0.193. The molecule has 0 saturated carbocycles. The van der Waals surface area contributed by atoms with Crippen molar-refractivity contribution >= 4 is 17.3 Å². The van der Waals surface area contributed by atoms with E-state index >= 15 is 0 Å². The molecule has 2 aromatic rings. The van der Waals surface area contributed by atoms with Crippen LogP contribution in [0.3, 0.4) is 0 Å². The Morgan fingerprint density at radius 3 is 2.41 bits per heavy atom. The quantitative estimate of drug-likeness (QED) is 0.847. The number of piperazine rings is 1. The van der Waals surface area contributed by atoms with Crippen LogP contribution in [0.25, 0.3) is 0 Å². The van der Waals surface area contributed by atoms with Gasteiger partial charge in [-0.25, -0.2) is 0 Å². The van der Waals surface area contributed by atoms with E-state index in [1.165, 1.54) is 5.56 Å². The minimum atomic E-state index is 0.193. The van der Waals surface area contributed by atoms with Gasteiger partial charge in [-0.15, -0.1) is 0 Å². The van der Waals surface area contributed by atoms with Crippen LogP contribution in [0.15, 0.2) is 48.5 Å². The monoisotopic (exact) mass is 364 g/mol. The molecule has 2 N–H and O–H groups in total. The molecule has 0 spiro atoms. The minimum absolute atomic E-state index is 0.193.